The van der Waals surface area contributed by atoms with Crippen molar-refractivity contribution in [1.29, 1.82) is 0 Å². The zero-order valence-corrected chi connectivity index (χ0v) is 15.4. The molecule has 1 fully saturated rings. The van der Waals surface area contributed by atoms with Crippen molar-refractivity contribution in [3.8, 4) is 0 Å². The summed E-state index contributed by atoms with van der Waals surface area (Å²) in [7, 11) is 1.57. The lowest BCUT2D eigenvalue weighted by Gasteiger charge is -2.36. The first-order valence-electron chi connectivity index (χ1n) is 9.02. The summed E-state index contributed by atoms with van der Waals surface area (Å²) in [6, 6.07) is 15.1. The Balaban J connectivity index is 1.60. The molecule has 27 heavy (non-hydrogen) atoms. The van der Waals surface area contributed by atoms with Gasteiger partial charge >= 0.3 is 0 Å². The van der Waals surface area contributed by atoms with E-state index in [4.69, 9.17) is 4.74 Å². The summed E-state index contributed by atoms with van der Waals surface area (Å²) in [5.41, 5.74) is 1.69. The van der Waals surface area contributed by atoms with Gasteiger partial charge in [-0.3, -0.25) is 9.59 Å². The Kier molecular flexibility index (Phi) is 6.38. The maximum absolute atomic E-state index is 12.8. The molecule has 0 aliphatic carbocycles. The molecule has 3 rings (SSSR count). The minimum absolute atomic E-state index is 0.144. The Morgan fingerprint density at radius 1 is 1.00 bits per heavy atom. The first-order valence-corrected chi connectivity index (χ1v) is 9.02. The fourth-order valence-corrected chi connectivity index (χ4v) is 3.01. The predicted octanol–water partition coefficient (Wildman–Crippen LogP) is 1.42. The van der Waals surface area contributed by atoms with E-state index in [1.807, 2.05) is 18.2 Å². The number of piperazine rings is 1. The van der Waals surface area contributed by atoms with Crippen LogP contribution in [0.5, 0.6) is 0 Å². The minimum atomic E-state index is -0.310. The molecule has 2 heterocycles. The van der Waals surface area contributed by atoms with Gasteiger partial charge < -0.3 is 19.9 Å². The van der Waals surface area contributed by atoms with Gasteiger partial charge in [0.2, 0.25) is 0 Å². The molecule has 0 radical (unpaired) electrons. The van der Waals surface area contributed by atoms with Crippen LogP contribution in [0.3, 0.4) is 0 Å². The first-order chi connectivity index (χ1) is 13.2. The van der Waals surface area contributed by atoms with Crippen molar-refractivity contribution in [3.63, 3.8) is 0 Å². The lowest BCUT2D eigenvalue weighted by molar-refractivity contribution is 0.0740. The molecule has 7 nitrogen and oxygen atoms in total. The standard InChI is InChI=1S/C20H24N4O3/c1-27-15-10-21-19(25)17-8-5-9-18(22-17)20(26)24-13-11-23(12-14-24)16-6-3-2-4-7-16/h2-9H,10-15H2,1H3,(H,21,25). The van der Waals surface area contributed by atoms with Crippen molar-refractivity contribution in [2.75, 3.05) is 51.3 Å². The Hall–Kier alpha value is -2.93. The fraction of sp³-hybridized carbons (Fsp3) is 0.350. The minimum Gasteiger partial charge on any atom is -0.383 e. The lowest BCUT2D eigenvalue weighted by atomic mass is 10.2. The second-order valence-corrected chi connectivity index (χ2v) is 6.27. The van der Waals surface area contributed by atoms with Crippen LogP contribution >= 0.6 is 0 Å². The average Bonchev–Trinajstić information content (AvgIpc) is 2.74. The van der Waals surface area contributed by atoms with E-state index in [1.54, 1.807) is 30.2 Å². The number of ether oxygens (including phenoxy) is 1. The number of benzene rings is 1. The molecule has 0 atom stereocenters. The highest BCUT2D eigenvalue weighted by molar-refractivity contribution is 5.96. The molecule has 0 unspecified atom stereocenters. The average molecular weight is 368 g/mol. The van der Waals surface area contributed by atoms with Crippen LogP contribution in [0, 0.1) is 0 Å². The first kappa shape index (κ1) is 18.8. The van der Waals surface area contributed by atoms with Gasteiger partial charge in [-0.1, -0.05) is 24.3 Å². The third-order valence-corrected chi connectivity index (χ3v) is 4.48. The molecule has 142 valence electrons. The van der Waals surface area contributed by atoms with Crippen molar-refractivity contribution >= 4 is 17.5 Å². The van der Waals surface area contributed by atoms with Gasteiger partial charge in [-0.15, -0.1) is 0 Å². The smallest absolute Gasteiger partial charge is 0.272 e. The molecule has 1 aliphatic heterocycles. The van der Waals surface area contributed by atoms with E-state index < -0.39 is 0 Å². The Morgan fingerprint density at radius 3 is 2.41 bits per heavy atom. The zero-order chi connectivity index (χ0) is 19.1. The largest absolute Gasteiger partial charge is 0.383 e. The van der Waals surface area contributed by atoms with E-state index in [2.05, 4.69) is 27.3 Å². The van der Waals surface area contributed by atoms with E-state index in [1.165, 1.54) is 0 Å². The zero-order valence-electron chi connectivity index (χ0n) is 15.4. The molecule has 0 saturated carbocycles. The lowest BCUT2D eigenvalue weighted by Crippen LogP contribution is -2.49. The maximum atomic E-state index is 12.8. The highest BCUT2D eigenvalue weighted by Crippen LogP contribution is 2.16. The van der Waals surface area contributed by atoms with Gasteiger partial charge in [-0.05, 0) is 24.3 Å². The van der Waals surface area contributed by atoms with Crippen molar-refractivity contribution in [2.24, 2.45) is 0 Å². The number of amides is 2. The summed E-state index contributed by atoms with van der Waals surface area (Å²) in [5.74, 6) is -0.454. The van der Waals surface area contributed by atoms with Gasteiger partial charge in [0.1, 0.15) is 11.4 Å². The molecule has 1 N–H and O–H groups in total. The van der Waals surface area contributed by atoms with Gasteiger partial charge in [0, 0.05) is 45.5 Å². The van der Waals surface area contributed by atoms with E-state index in [9.17, 15) is 9.59 Å². The molecular formula is C20H24N4O3. The van der Waals surface area contributed by atoms with Crippen molar-refractivity contribution < 1.29 is 14.3 Å². The Morgan fingerprint density at radius 2 is 1.70 bits per heavy atom. The molecule has 2 aromatic rings. The molecule has 1 aliphatic rings. The van der Waals surface area contributed by atoms with Gasteiger partial charge in [0.05, 0.1) is 6.61 Å². The van der Waals surface area contributed by atoms with Crippen LogP contribution in [0.15, 0.2) is 48.5 Å². The van der Waals surface area contributed by atoms with Crippen LogP contribution in [0.4, 0.5) is 5.69 Å². The number of methoxy groups -OCH3 is 1. The summed E-state index contributed by atoms with van der Waals surface area (Å²) < 4.78 is 4.91. The number of nitrogens with one attached hydrogen (secondary N) is 1. The van der Waals surface area contributed by atoms with Crippen molar-refractivity contribution in [3.05, 3.63) is 59.9 Å². The van der Waals surface area contributed by atoms with Gasteiger partial charge in [0.15, 0.2) is 0 Å². The number of rotatable bonds is 6. The number of nitrogens with zero attached hydrogens (tertiary/aromatic N) is 3. The summed E-state index contributed by atoms with van der Waals surface area (Å²) in [5, 5.41) is 2.71. The van der Waals surface area contributed by atoms with Crippen LogP contribution in [-0.4, -0.2) is 68.1 Å². The molecule has 0 bridgehead atoms. The number of para-hydroxylation sites is 1. The number of hydrogen-bond donors (Lipinski definition) is 1. The van der Waals surface area contributed by atoms with Crippen LogP contribution < -0.4 is 10.2 Å². The van der Waals surface area contributed by atoms with Gasteiger partial charge in [-0.2, -0.15) is 0 Å². The summed E-state index contributed by atoms with van der Waals surface area (Å²) in [6.45, 7) is 3.62. The third-order valence-electron chi connectivity index (χ3n) is 4.48. The molecule has 2 amide bonds. The number of aromatic nitrogens is 1. The highest BCUT2D eigenvalue weighted by Gasteiger charge is 2.23. The molecule has 1 aromatic carbocycles. The molecule has 7 heteroatoms. The van der Waals surface area contributed by atoms with Crippen LogP contribution in [-0.2, 0) is 4.74 Å². The summed E-state index contributed by atoms with van der Waals surface area (Å²) in [6.07, 6.45) is 0. The van der Waals surface area contributed by atoms with E-state index >= 15 is 0 Å². The monoisotopic (exact) mass is 368 g/mol. The van der Waals surface area contributed by atoms with Crippen molar-refractivity contribution in [1.82, 2.24) is 15.2 Å². The van der Waals surface area contributed by atoms with Crippen molar-refractivity contribution in [2.45, 2.75) is 0 Å². The SMILES string of the molecule is COCCNC(=O)c1cccc(C(=O)N2CCN(c3ccccc3)CC2)n1. The molecule has 1 aromatic heterocycles. The van der Waals surface area contributed by atoms with E-state index in [0.29, 0.717) is 31.9 Å². The Labute approximate surface area is 158 Å². The Bertz CT molecular complexity index is 774. The van der Waals surface area contributed by atoms with E-state index in [0.717, 1.165) is 18.8 Å². The normalized spacial score (nSPS) is 14.1. The highest BCUT2D eigenvalue weighted by atomic mass is 16.5. The molecular weight excluding hydrogens is 344 g/mol. The number of hydrogen-bond acceptors (Lipinski definition) is 5. The topological polar surface area (TPSA) is 74.8 Å². The molecule has 1 saturated heterocycles. The third kappa shape index (κ3) is 4.83. The van der Waals surface area contributed by atoms with Gasteiger partial charge in [0.25, 0.3) is 11.8 Å². The molecule has 0 spiro atoms. The number of carbonyl (C=O) groups is 2. The number of anilines is 1. The number of carbonyl (C=O) groups excluding carboxylic acids is 2. The van der Waals surface area contributed by atoms with Gasteiger partial charge in [-0.25, -0.2) is 4.98 Å². The maximum Gasteiger partial charge on any atom is 0.272 e. The predicted molar refractivity (Wildman–Crippen MR) is 103 cm³/mol. The van der Waals surface area contributed by atoms with Crippen LogP contribution in [0.2, 0.25) is 0 Å². The summed E-state index contributed by atoms with van der Waals surface area (Å²) >= 11 is 0. The fourth-order valence-electron chi connectivity index (χ4n) is 3.01. The van der Waals surface area contributed by atoms with Crippen LogP contribution in [0.25, 0.3) is 0 Å². The number of pyridine rings is 1. The van der Waals surface area contributed by atoms with E-state index in [-0.39, 0.29) is 17.5 Å². The second kappa shape index (κ2) is 9.14. The quantitative estimate of drug-likeness (QED) is 0.781. The van der Waals surface area contributed by atoms with Crippen LogP contribution in [0.1, 0.15) is 21.0 Å². The second-order valence-electron chi connectivity index (χ2n) is 6.27. The summed E-state index contributed by atoms with van der Waals surface area (Å²) in [4.78, 5) is 33.2.